The highest BCUT2D eigenvalue weighted by Gasteiger charge is 2.50. The molecule has 246 valence electrons. The summed E-state index contributed by atoms with van der Waals surface area (Å²) in [5.74, 6) is -0.208. The lowest BCUT2D eigenvalue weighted by Crippen LogP contribution is -2.66. The molecule has 0 radical (unpaired) electrons. The molecule has 8 nitrogen and oxygen atoms in total. The van der Waals surface area contributed by atoms with Gasteiger partial charge in [-0.1, -0.05) is 98.2 Å². The Bertz CT molecular complexity index is 1660. The average Bonchev–Trinajstić information content (AvgIpc) is 3.04. The van der Waals surface area contributed by atoms with Crippen LogP contribution in [0, 0.1) is 0 Å². The predicted molar refractivity (Wildman–Crippen MR) is 191 cm³/mol. The standard InChI is InChI=1S/C37H43ClN4O4Si/c1-25(2)41-46-36-31(35(43)32-21-39-18-19-40-32)20-28(34(33(36)38)42-22-26(3)45-27(4)23-42)24-44-47(37(5,6)7,29-14-10-8-11-15-29)30-16-12-9-13-17-30/h8-21,26-27H,22-24H2,1-7H3/t26-,27+. The highest BCUT2D eigenvalue weighted by molar-refractivity contribution is 6.99. The zero-order chi connectivity index (χ0) is 33.8. The van der Waals surface area contributed by atoms with E-state index in [1.807, 2.05) is 45.9 Å². The molecule has 47 heavy (non-hydrogen) atoms. The van der Waals surface area contributed by atoms with Gasteiger partial charge in [0, 0.05) is 31.0 Å². The molecule has 0 unspecified atom stereocenters. The minimum Gasteiger partial charge on any atom is -0.403 e. The van der Waals surface area contributed by atoms with Gasteiger partial charge < -0.3 is 18.9 Å². The molecule has 0 bridgehead atoms. The molecule has 2 heterocycles. The quantitative estimate of drug-likeness (QED) is 0.0792. The van der Waals surface area contributed by atoms with Crippen LogP contribution in [0.5, 0.6) is 5.75 Å². The van der Waals surface area contributed by atoms with Crippen molar-refractivity contribution in [3.8, 4) is 5.75 Å². The van der Waals surface area contributed by atoms with E-state index in [-0.39, 0.29) is 51.7 Å². The number of morpholine rings is 1. The van der Waals surface area contributed by atoms with Crippen molar-refractivity contribution in [1.29, 1.82) is 0 Å². The molecule has 1 aromatic heterocycles. The Labute approximate surface area is 283 Å². The Kier molecular flexibility index (Phi) is 10.6. The van der Waals surface area contributed by atoms with Gasteiger partial charge in [0.1, 0.15) is 10.7 Å². The number of nitrogens with zero attached hydrogens (tertiary/aromatic N) is 4. The summed E-state index contributed by atoms with van der Waals surface area (Å²) in [6.45, 7) is 15.8. The number of benzene rings is 3. The minimum atomic E-state index is -2.95. The Morgan fingerprint density at radius 3 is 2.11 bits per heavy atom. The van der Waals surface area contributed by atoms with Crippen molar-refractivity contribution in [2.24, 2.45) is 5.16 Å². The Morgan fingerprint density at radius 1 is 1.00 bits per heavy atom. The molecule has 0 aliphatic carbocycles. The van der Waals surface area contributed by atoms with Crippen LogP contribution in [0.1, 0.15) is 70.1 Å². The van der Waals surface area contributed by atoms with Gasteiger partial charge in [-0.2, -0.15) is 0 Å². The Morgan fingerprint density at radius 2 is 1.60 bits per heavy atom. The van der Waals surface area contributed by atoms with Crippen molar-refractivity contribution >= 4 is 47.5 Å². The van der Waals surface area contributed by atoms with Gasteiger partial charge in [0.2, 0.25) is 5.78 Å². The van der Waals surface area contributed by atoms with E-state index < -0.39 is 8.32 Å². The van der Waals surface area contributed by atoms with E-state index in [2.05, 4.69) is 89.3 Å². The van der Waals surface area contributed by atoms with Crippen molar-refractivity contribution in [3.63, 3.8) is 0 Å². The van der Waals surface area contributed by atoms with Gasteiger partial charge >= 0.3 is 0 Å². The van der Waals surface area contributed by atoms with Gasteiger partial charge in [-0.05, 0) is 49.2 Å². The first kappa shape index (κ1) is 34.4. The fourth-order valence-electron chi connectivity index (χ4n) is 6.38. The number of ether oxygens (including phenoxy) is 1. The smallest absolute Gasteiger partial charge is 0.261 e. The molecule has 0 amide bonds. The number of oxime groups is 1. The summed E-state index contributed by atoms with van der Waals surface area (Å²) in [6.07, 6.45) is 4.37. The summed E-state index contributed by atoms with van der Waals surface area (Å²) in [6, 6.07) is 22.8. The lowest BCUT2D eigenvalue weighted by Gasteiger charge is -2.43. The van der Waals surface area contributed by atoms with E-state index >= 15 is 0 Å². The fourth-order valence-corrected chi connectivity index (χ4v) is 11.3. The van der Waals surface area contributed by atoms with Crippen LogP contribution in [0.25, 0.3) is 0 Å². The van der Waals surface area contributed by atoms with Gasteiger partial charge in [0.25, 0.3) is 8.32 Å². The number of hydrogen-bond acceptors (Lipinski definition) is 8. The van der Waals surface area contributed by atoms with Crippen LogP contribution >= 0.6 is 11.6 Å². The molecule has 0 N–H and O–H groups in total. The molecule has 1 saturated heterocycles. The third-order valence-electron chi connectivity index (χ3n) is 8.23. The number of anilines is 1. The Balaban J connectivity index is 1.74. The third kappa shape index (κ3) is 7.33. The zero-order valence-corrected chi connectivity index (χ0v) is 29.9. The van der Waals surface area contributed by atoms with Gasteiger partial charge in [-0.25, -0.2) is 4.98 Å². The summed E-state index contributed by atoms with van der Waals surface area (Å²) in [5.41, 5.74) is 2.58. The molecule has 1 fully saturated rings. The van der Waals surface area contributed by atoms with Crippen molar-refractivity contribution in [2.45, 2.75) is 72.3 Å². The molecule has 3 aromatic carbocycles. The lowest BCUT2D eigenvalue weighted by molar-refractivity contribution is -0.00532. The highest BCUT2D eigenvalue weighted by atomic mass is 35.5. The molecule has 0 spiro atoms. The van der Waals surface area contributed by atoms with E-state index in [0.717, 1.165) is 21.6 Å². The van der Waals surface area contributed by atoms with E-state index in [1.54, 1.807) is 0 Å². The number of carbonyl (C=O) groups excluding carboxylic acids is 1. The van der Waals surface area contributed by atoms with Crippen LogP contribution in [-0.2, 0) is 15.8 Å². The first-order valence-corrected chi connectivity index (χ1v) is 18.2. The van der Waals surface area contributed by atoms with E-state index in [9.17, 15) is 4.79 Å². The first-order valence-electron chi connectivity index (χ1n) is 15.9. The predicted octanol–water partition coefficient (Wildman–Crippen LogP) is 6.83. The number of hydrogen-bond donors (Lipinski definition) is 0. The second-order valence-corrected chi connectivity index (χ2v) is 17.9. The van der Waals surface area contributed by atoms with Gasteiger partial charge in [0.05, 0.1) is 42.0 Å². The SMILES string of the molecule is CC(C)=NOc1c(C(=O)c2cnccn2)cc(CO[Si](c2ccccc2)(c2ccccc2)C(C)(C)C)c(N2C[C@@H](C)O[C@@H](C)C2)c1Cl. The molecular weight excluding hydrogens is 628 g/mol. The fraction of sp³-hybridized carbons (Fsp3) is 0.351. The van der Waals surface area contributed by atoms with Crippen molar-refractivity contribution in [3.05, 3.63) is 107 Å². The summed E-state index contributed by atoms with van der Waals surface area (Å²) in [4.78, 5) is 30.6. The second-order valence-electron chi connectivity index (χ2n) is 13.2. The minimum absolute atomic E-state index is 0.0403. The van der Waals surface area contributed by atoms with Crippen LogP contribution in [0.4, 0.5) is 5.69 Å². The molecule has 4 aromatic rings. The van der Waals surface area contributed by atoms with Crippen LogP contribution in [0.15, 0.2) is 90.5 Å². The zero-order valence-electron chi connectivity index (χ0n) is 28.2. The molecule has 2 atom stereocenters. The maximum Gasteiger partial charge on any atom is 0.261 e. The monoisotopic (exact) mass is 670 g/mol. The summed E-state index contributed by atoms with van der Waals surface area (Å²) >= 11 is 7.33. The van der Waals surface area contributed by atoms with Crippen LogP contribution < -0.4 is 20.1 Å². The summed E-state index contributed by atoms with van der Waals surface area (Å²) < 4.78 is 13.5. The third-order valence-corrected chi connectivity index (χ3v) is 13.6. The van der Waals surface area contributed by atoms with E-state index in [1.165, 1.54) is 18.6 Å². The number of carbonyl (C=O) groups is 1. The van der Waals surface area contributed by atoms with Crippen molar-refractivity contribution in [2.75, 3.05) is 18.0 Å². The molecule has 5 rings (SSSR count). The molecule has 1 aliphatic rings. The van der Waals surface area contributed by atoms with Crippen LogP contribution in [0.3, 0.4) is 0 Å². The summed E-state index contributed by atoms with van der Waals surface area (Å²) in [7, 11) is -2.95. The normalized spacial score (nSPS) is 16.9. The van der Waals surface area contributed by atoms with Crippen LogP contribution in [0.2, 0.25) is 10.1 Å². The maximum atomic E-state index is 14.1. The van der Waals surface area contributed by atoms with Gasteiger partial charge in [-0.15, -0.1) is 0 Å². The van der Waals surface area contributed by atoms with Crippen LogP contribution in [-0.4, -0.2) is 55.1 Å². The highest BCUT2D eigenvalue weighted by Crippen LogP contribution is 2.44. The Hall–Kier alpha value is -3.89. The number of aromatic nitrogens is 2. The van der Waals surface area contributed by atoms with E-state index in [0.29, 0.717) is 18.8 Å². The number of rotatable bonds is 10. The largest absolute Gasteiger partial charge is 0.403 e. The first-order chi connectivity index (χ1) is 22.4. The molecule has 1 aliphatic heterocycles. The van der Waals surface area contributed by atoms with Crippen molar-refractivity contribution in [1.82, 2.24) is 9.97 Å². The number of halogens is 1. The molecule has 10 heteroatoms. The maximum absolute atomic E-state index is 14.1. The molecular formula is C37H43ClN4O4Si. The lowest BCUT2D eigenvalue weighted by atomic mass is 10.0. The summed E-state index contributed by atoms with van der Waals surface area (Å²) in [5, 5.41) is 6.55. The van der Waals surface area contributed by atoms with Gasteiger partial charge in [0.15, 0.2) is 5.75 Å². The van der Waals surface area contributed by atoms with Crippen molar-refractivity contribution < 1.29 is 18.8 Å². The van der Waals surface area contributed by atoms with Gasteiger partial charge in [-0.3, -0.25) is 9.78 Å². The van der Waals surface area contributed by atoms with E-state index in [4.69, 9.17) is 25.6 Å². The second kappa shape index (κ2) is 14.5. The molecule has 0 saturated carbocycles. The number of ketones is 1. The topological polar surface area (TPSA) is 86.1 Å². The average molecular weight is 671 g/mol.